The molecule has 1 spiro atoms. The summed E-state index contributed by atoms with van der Waals surface area (Å²) in [6.07, 6.45) is 10.0. The number of hydrogen-bond donors (Lipinski definition) is 1. The zero-order valence-corrected chi connectivity index (χ0v) is 12.9. The highest BCUT2D eigenvalue weighted by Crippen LogP contribution is 2.41. The number of rotatable bonds is 5. The summed E-state index contributed by atoms with van der Waals surface area (Å²) in [6, 6.07) is 8.25. The van der Waals surface area contributed by atoms with Crippen molar-refractivity contribution in [2.45, 2.75) is 63.1 Å². The summed E-state index contributed by atoms with van der Waals surface area (Å²) in [5.41, 5.74) is 7.03. The van der Waals surface area contributed by atoms with Crippen LogP contribution in [-0.4, -0.2) is 24.9 Å². The minimum Gasteiger partial charge on any atom is -0.491 e. The number of hydrogen-bond acceptors (Lipinski definition) is 3. The van der Waals surface area contributed by atoms with E-state index in [-0.39, 0.29) is 11.7 Å². The maximum absolute atomic E-state index is 6.34. The van der Waals surface area contributed by atoms with Crippen LogP contribution < -0.4 is 10.5 Å². The number of benzene rings is 1. The second-order valence-corrected chi connectivity index (χ2v) is 6.52. The van der Waals surface area contributed by atoms with Crippen molar-refractivity contribution in [2.24, 2.45) is 5.73 Å². The molecule has 1 atom stereocenters. The van der Waals surface area contributed by atoms with E-state index in [9.17, 15) is 0 Å². The van der Waals surface area contributed by atoms with Gasteiger partial charge in [0.2, 0.25) is 0 Å². The van der Waals surface area contributed by atoms with Crippen LogP contribution in [0.25, 0.3) is 0 Å². The van der Waals surface area contributed by atoms with E-state index in [1.165, 1.54) is 44.1 Å². The van der Waals surface area contributed by atoms with Crippen LogP contribution in [0.4, 0.5) is 0 Å². The highest BCUT2D eigenvalue weighted by Gasteiger charge is 2.40. The van der Waals surface area contributed by atoms with Crippen LogP contribution in [0.15, 0.2) is 24.3 Å². The Hall–Kier alpha value is -1.06. The Morgan fingerprint density at radius 1 is 1.19 bits per heavy atom. The van der Waals surface area contributed by atoms with Crippen LogP contribution >= 0.6 is 0 Å². The Morgan fingerprint density at radius 2 is 2.05 bits per heavy atom. The van der Waals surface area contributed by atoms with Gasteiger partial charge in [0, 0.05) is 0 Å². The van der Waals surface area contributed by atoms with Gasteiger partial charge in [0.05, 0.1) is 11.7 Å². The summed E-state index contributed by atoms with van der Waals surface area (Å²) < 4.78 is 12.3. The van der Waals surface area contributed by atoms with Crippen LogP contribution in [0.1, 0.15) is 50.5 Å². The average Bonchev–Trinajstić information content (AvgIpc) is 2.89. The summed E-state index contributed by atoms with van der Waals surface area (Å²) in [5.74, 6) is 0.939. The lowest BCUT2D eigenvalue weighted by Crippen LogP contribution is -2.32. The first-order valence-electron chi connectivity index (χ1n) is 8.39. The lowest BCUT2D eigenvalue weighted by Gasteiger charge is -2.33. The first kappa shape index (κ1) is 14.9. The van der Waals surface area contributed by atoms with Crippen molar-refractivity contribution in [1.29, 1.82) is 0 Å². The van der Waals surface area contributed by atoms with Gasteiger partial charge in [-0.05, 0) is 56.3 Å². The Kier molecular flexibility index (Phi) is 4.81. The topological polar surface area (TPSA) is 44.5 Å². The summed E-state index contributed by atoms with van der Waals surface area (Å²) in [5, 5.41) is 0. The first-order chi connectivity index (χ1) is 10.3. The molecule has 21 heavy (non-hydrogen) atoms. The van der Waals surface area contributed by atoms with Gasteiger partial charge in [-0.15, -0.1) is 0 Å². The second kappa shape index (κ2) is 6.80. The van der Waals surface area contributed by atoms with Gasteiger partial charge in [0.15, 0.2) is 0 Å². The van der Waals surface area contributed by atoms with E-state index >= 15 is 0 Å². The van der Waals surface area contributed by atoms with Gasteiger partial charge in [-0.1, -0.05) is 31.4 Å². The maximum Gasteiger partial charge on any atom is 0.119 e. The Morgan fingerprint density at radius 3 is 2.86 bits per heavy atom. The smallest absolute Gasteiger partial charge is 0.119 e. The van der Waals surface area contributed by atoms with Gasteiger partial charge < -0.3 is 15.2 Å². The molecule has 3 nitrogen and oxygen atoms in total. The Balaban J connectivity index is 1.50. The van der Waals surface area contributed by atoms with E-state index in [1.54, 1.807) is 0 Å². The largest absolute Gasteiger partial charge is 0.491 e. The fraction of sp³-hybridized carbons (Fsp3) is 0.667. The van der Waals surface area contributed by atoms with E-state index in [0.717, 1.165) is 18.6 Å². The first-order valence-corrected chi connectivity index (χ1v) is 8.39. The molecular weight excluding hydrogens is 262 g/mol. The number of nitrogens with two attached hydrogens (primary N) is 1. The Labute approximate surface area is 127 Å². The van der Waals surface area contributed by atoms with Crippen LogP contribution in [0, 0.1) is 0 Å². The fourth-order valence-electron chi connectivity index (χ4n) is 3.72. The molecule has 116 valence electrons. The zero-order valence-electron chi connectivity index (χ0n) is 12.9. The molecule has 1 saturated carbocycles. The molecule has 0 amide bonds. The van der Waals surface area contributed by atoms with E-state index < -0.39 is 0 Å². The molecule has 1 heterocycles. The lowest BCUT2D eigenvalue weighted by atomic mass is 9.83. The maximum atomic E-state index is 6.34. The molecule has 1 saturated heterocycles. The van der Waals surface area contributed by atoms with Gasteiger partial charge >= 0.3 is 0 Å². The van der Waals surface area contributed by atoms with Crippen LogP contribution in [0.3, 0.4) is 0 Å². The van der Waals surface area contributed by atoms with Gasteiger partial charge in [-0.25, -0.2) is 0 Å². The summed E-state index contributed by atoms with van der Waals surface area (Å²) >= 11 is 0. The molecule has 2 aliphatic rings. The quantitative estimate of drug-likeness (QED) is 0.903. The molecule has 2 N–H and O–H groups in total. The molecular formula is C18H27NO2. The van der Waals surface area contributed by atoms with Crippen molar-refractivity contribution in [2.75, 3.05) is 13.2 Å². The molecule has 1 unspecified atom stereocenters. The predicted octanol–water partition coefficient (Wildman–Crippen LogP) is 3.45. The van der Waals surface area contributed by atoms with Crippen molar-refractivity contribution in [3.8, 4) is 5.75 Å². The molecule has 0 aromatic heterocycles. The van der Waals surface area contributed by atoms with E-state index in [4.69, 9.17) is 15.2 Å². The third-order valence-electron chi connectivity index (χ3n) is 4.87. The molecule has 1 aliphatic heterocycles. The molecule has 3 rings (SSSR count). The van der Waals surface area contributed by atoms with Crippen LogP contribution in [-0.2, 0) is 11.2 Å². The van der Waals surface area contributed by atoms with Gasteiger partial charge in [-0.2, -0.15) is 0 Å². The zero-order chi connectivity index (χ0) is 14.5. The summed E-state index contributed by atoms with van der Waals surface area (Å²) in [6.45, 7) is 1.35. The van der Waals surface area contributed by atoms with Gasteiger partial charge in [0.25, 0.3) is 0 Å². The molecule has 0 radical (unpaired) electrons. The highest BCUT2D eigenvalue weighted by atomic mass is 16.6. The van der Waals surface area contributed by atoms with Crippen molar-refractivity contribution in [1.82, 2.24) is 0 Å². The summed E-state index contributed by atoms with van der Waals surface area (Å²) in [4.78, 5) is 0. The number of ether oxygens (including phenoxy) is 2. The monoisotopic (exact) mass is 289 g/mol. The minimum absolute atomic E-state index is 0.188. The fourth-order valence-corrected chi connectivity index (χ4v) is 3.72. The third kappa shape index (κ3) is 3.78. The Bertz CT molecular complexity index is 454. The standard InChI is InChI=1S/C18H27NO2/c19-12-8-15-5-4-6-16(13-15)20-14-17-7-11-18(21-17)9-2-1-3-10-18/h4-6,13,17H,1-3,7-12,14,19H2. The van der Waals surface area contributed by atoms with Crippen molar-refractivity contribution < 1.29 is 9.47 Å². The van der Waals surface area contributed by atoms with Gasteiger partial charge in [-0.3, -0.25) is 0 Å². The normalized spacial score (nSPS) is 24.3. The molecule has 3 heteroatoms. The minimum atomic E-state index is 0.188. The average molecular weight is 289 g/mol. The SMILES string of the molecule is NCCc1cccc(OCC2CCC3(CCCCC3)O2)c1. The van der Waals surface area contributed by atoms with E-state index in [0.29, 0.717) is 13.2 Å². The molecule has 1 aromatic rings. The van der Waals surface area contributed by atoms with Crippen LogP contribution in [0.5, 0.6) is 5.75 Å². The molecule has 1 aliphatic carbocycles. The molecule has 1 aromatic carbocycles. The molecule has 2 fully saturated rings. The van der Waals surface area contributed by atoms with Crippen molar-refractivity contribution >= 4 is 0 Å². The van der Waals surface area contributed by atoms with Gasteiger partial charge in [0.1, 0.15) is 12.4 Å². The summed E-state index contributed by atoms with van der Waals surface area (Å²) in [7, 11) is 0. The molecule has 0 bridgehead atoms. The second-order valence-electron chi connectivity index (χ2n) is 6.52. The van der Waals surface area contributed by atoms with Crippen molar-refractivity contribution in [3.05, 3.63) is 29.8 Å². The predicted molar refractivity (Wildman–Crippen MR) is 84.6 cm³/mol. The third-order valence-corrected chi connectivity index (χ3v) is 4.87. The highest BCUT2D eigenvalue weighted by molar-refractivity contribution is 5.28. The van der Waals surface area contributed by atoms with Crippen molar-refractivity contribution in [3.63, 3.8) is 0 Å². The van der Waals surface area contributed by atoms with E-state index in [1.807, 2.05) is 12.1 Å². The lowest BCUT2D eigenvalue weighted by molar-refractivity contribution is -0.0748. The van der Waals surface area contributed by atoms with Crippen LogP contribution in [0.2, 0.25) is 0 Å². The van der Waals surface area contributed by atoms with E-state index in [2.05, 4.69) is 12.1 Å².